The Labute approximate surface area is 122 Å². The first-order valence-electron chi connectivity index (χ1n) is 8.06. The van der Waals surface area contributed by atoms with Gasteiger partial charge in [-0.2, -0.15) is 0 Å². The second kappa shape index (κ2) is 7.96. The van der Waals surface area contributed by atoms with Gasteiger partial charge in [0.1, 0.15) is 0 Å². The molecular weight excluding hydrogens is 254 g/mol. The average Bonchev–Trinajstić information content (AvgIpc) is 2.97. The number of carbonyl (C=O) groups excluding carboxylic acids is 1. The molecule has 1 N–H and O–H groups in total. The van der Waals surface area contributed by atoms with Gasteiger partial charge in [-0.05, 0) is 26.2 Å². The van der Waals surface area contributed by atoms with E-state index in [2.05, 4.69) is 22.0 Å². The molecule has 2 unspecified atom stereocenters. The summed E-state index contributed by atoms with van der Waals surface area (Å²) in [6, 6.07) is -0.00793. The van der Waals surface area contributed by atoms with E-state index in [-0.39, 0.29) is 11.9 Å². The molecule has 0 aliphatic carbocycles. The van der Waals surface area contributed by atoms with Crippen molar-refractivity contribution >= 4 is 5.91 Å². The summed E-state index contributed by atoms with van der Waals surface area (Å²) in [5.74, 6) is 0.166. The molecule has 2 rings (SSSR count). The molecule has 0 aromatic carbocycles. The second-order valence-corrected chi connectivity index (χ2v) is 5.94. The highest BCUT2D eigenvalue weighted by Crippen LogP contribution is 2.15. The molecule has 0 aromatic heterocycles. The first-order chi connectivity index (χ1) is 9.70. The smallest absolute Gasteiger partial charge is 0.237 e. The Balaban J connectivity index is 1.68. The molecule has 5 heteroatoms. The van der Waals surface area contributed by atoms with Crippen molar-refractivity contribution in [1.82, 2.24) is 15.1 Å². The van der Waals surface area contributed by atoms with Gasteiger partial charge in [0.05, 0.1) is 12.1 Å². The van der Waals surface area contributed by atoms with Crippen LogP contribution < -0.4 is 5.32 Å². The molecule has 5 nitrogen and oxygen atoms in total. The fraction of sp³-hybridized carbons (Fsp3) is 0.933. The van der Waals surface area contributed by atoms with Crippen molar-refractivity contribution in [2.75, 3.05) is 45.9 Å². The van der Waals surface area contributed by atoms with Gasteiger partial charge in [-0.1, -0.05) is 6.92 Å². The Morgan fingerprint density at radius 3 is 2.70 bits per heavy atom. The average molecular weight is 283 g/mol. The molecule has 2 aliphatic rings. The van der Waals surface area contributed by atoms with E-state index >= 15 is 0 Å². The van der Waals surface area contributed by atoms with Gasteiger partial charge in [0.15, 0.2) is 0 Å². The standard InChI is InChI=1S/C15H29N3O2/c1-3-6-16-15(19)13(2)18-9-7-17(8-10-18)12-14-5-4-11-20-14/h13-14H,3-12H2,1-2H3,(H,16,19). The number of amides is 1. The minimum Gasteiger partial charge on any atom is -0.377 e. The molecule has 2 atom stereocenters. The summed E-state index contributed by atoms with van der Waals surface area (Å²) in [5, 5.41) is 2.99. The van der Waals surface area contributed by atoms with E-state index in [9.17, 15) is 4.79 Å². The van der Waals surface area contributed by atoms with Gasteiger partial charge in [-0.15, -0.1) is 0 Å². The number of hydrogen-bond acceptors (Lipinski definition) is 4. The molecule has 2 saturated heterocycles. The minimum atomic E-state index is -0.00793. The maximum atomic E-state index is 12.0. The lowest BCUT2D eigenvalue weighted by atomic mass is 10.2. The van der Waals surface area contributed by atoms with Crippen LogP contribution in [0.1, 0.15) is 33.1 Å². The predicted molar refractivity (Wildman–Crippen MR) is 79.7 cm³/mol. The zero-order valence-electron chi connectivity index (χ0n) is 12.9. The van der Waals surface area contributed by atoms with Crippen LogP contribution in [0.3, 0.4) is 0 Å². The van der Waals surface area contributed by atoms with Crippen molar-refractivity contribution in [3.63, 3.8) is 0 Å². The molecule has 0 radical (unpaired) electrons. The summed E-state index contributed by atoms with van der Waals surface area (Å²) in [5.41, 5.74) is 0. The van der Waals surface area contributed by atoms with E-state index in [4.69, 9.17) is 4.74 Å². The highest BCUT2D eigenvalue weighted by Gasteiger charge is 2.27. The number of ether oxygens (including phenoxy) is 1. The van der Waals surface area contributed by atoms with Gasteiger partial charge in [0.2, 0.25) is 5.91 Å². The fourth-order valence-electron chi connectivity index (χ4n) is 2.97. The largest absolute Gasteiger partial charge is 0.377 e. The Hall–Kier alpha value is -0.650. The van der Waals surface area contributed by atoms with E-state index in [0.29, 0.717) is 6.10 Å². The van der Waals surface area contributed by atoms with E-state index in [0.717, 1.165) is 52.3 Å². The van der Waals surface area contributed by atoms with Crippen LogP contribution in [0.2, 0.25) is 0 Å². The van der Waals surface area contributed by atoms with Crippen molar-refractivity contribution in [2.45, 2.75) is 45.3 Å². The predicted octanol–water partition coefficient (Wildman–Crippen LogP) is 0.698. The van der Waals surface area contributed by atoms with Crippen LogP contribution in [0.4, 0.5) is 0 Å². The highest BCUT2D eigenvalue weighted by atomic mass is 16.5. The number of nitrogens with one attached hydrogen (secondary N) is 1. The summed E-state index contributed by atoms with van der Waals surface area (Å²) < 4.78 is 5.69. The maximum Gasteiger partial charge on any atom is 0.237 e. The summed E-state index contributed by atoms with van der Waals surface area (Å²) in [4.78, 5) is 16.7. The van der Waals surface area contributed by atoms with Crippen molar-refractivity contribution in [3.05, 3.63) is 0 Å². The van der Waals surface area contributed by atoms with Crippen molar-refractivity contribution in [3.8, 4) is 0 Å². The third kappa shape index (κ3) is 4.43. The number of piperazine rings is 1. The van der Waals surface area contributed by atoms with Gasteiger partial charge in [-0.3, -0.25) is 14.6 Å². The molecule has 0 saturated carbocycles. The molecule has 2 heterocycles. The van der Waals surface area contributed by atoms with Gasteiger partial charge in [0, 0.05) is 45.9 Å². The first-order valence-corrected chi connectivity index (χ1v) is 8.06. The fourth-order valence-corrected chi connectivity index (χ4v) is 2.97. The Morgan fingerprint density at radius 1 is 1.35 bits per heavy atom. The van der Waals surface area contributed by atoms with Crippen molar-refractivity contribution in [1.29, 1.82) is 0 Å². The molecule has 20 heavy (non-hydrogen) atoms. The second-order valence-electron chi connectivity index (χ2n) is 5.94. The third-order valence-electron chi connectivity index (χ3n) is 4.37. The minimum absolute atomic E-state index is 0.00793. The van der Waals surface area contributed by atoms with Crippen LogP contribution in [0, 0.1) is 0 Å². The van der Waals surface area contributed by atoms with E-state index in [1.807, 2.05) is 6.92 Å². The lowest BCUT2D eigenvalue weighted by molar-refractivity contribution is -0.126. The lowest BCUT2D eigenvalue weighted by Crippen LogP contribution is -2.54. The summed E-state index contributed by atoms with van der Waals surface area (Å²) in [6.45, 7) is 10.9. The Kier molecular flexibility index (Phi) is 6.26. The van der Waals surface area contributed by atoms with Crippen LogP contribution in [-0.2, 0) is 9.53 Å². The molecule has 0 spiro atoms. The van der Waals surface area contributed by atoms with Crippen molar-refractivity contribution < 1.29 is 9.53 Å². The topological polar surface area (TPSA) is 44.8 Å². The van der Waals surface area contributed by atoms with Gasteiger partial charge in [-0.25, -0.2) is 0 Å². The summed E-state index contributed by atoms with van der Waals surface area (Å²) in [7, 11) is 0. The van der Waals surface area contributed by atoms with Gasteiger partial charge in [0.25, 0.3) is 0 Å². The first kappa shape index (κ1) is 15.7. The molecule has 116 valence electrons. The normalized spacial score (nSPS) is 26.6. The molecule has 2 aliphatic heterocycles. The number of carbonyl (C=O) groups is 1. The van der Waals surface area contributed by atoms with E-state index < -0.39 is 0 Å². The Bertz CT molecular complexity index is 297. The zero-order chi connectivity index (χ0) is 14.4. The van der Waals surface area contributed by atoms with E-state index in [1.165, 1.54) is 12.8 Å². The van der Waals surface area contributed by atoms with Gasteiger partial charge < -0.3 is 10.1 Å². The molecular formula is C15H29N3O2. The number of hydrogen-bond donors (Lipinski definition) is 1. The van der Waals surface area contributed by atoms with Crippen LogP contribution in [0.15, 0.2) is 0 Å². The molecule has 2 fully saturated rings. The highest BCUT2D eigenvalue weighted by molar-refractivity contribution is 5.81. The maximum absolute atomic E-state index is 12.0. The zero-order valence-corrected chi connectivity index (χ0v) is 12.9. The molecule has 1 amide bonds. The number of nitrogens with zero attached hydrogens (tertiary/aromatic N) is 2. The van der Waals surface area contributed by atoms with Gasteiger partial charge >= 0.3 is 0 Å². The summed E-state index contributed by atoms with van der Waals surface area (Å²) >= 11 is 0. The Morgan fingerprint density at radius 2 is 2.10 bits per heavy atom. The number of rotatable bonds is 6. The molecule has 0 bridgehead atoms. The monoisotopic (exact) mass is 283 g/mol. The summed E-state index contributed by atoms with van der Waals surface area (Å²) in [6.07, 6.45) is 3.84. The van der Waals surface area contributed by atoms with Crippen LogP contribution in [0.25, 0.3) is 0 Å². The third-order valence-corrected chi connectivity index (χ3v) is 4.37. The quantitative estimate of drug-likeness (QED) is 0.779. The van der Waals surface area contributed by atoms with Crippen LogP contribution >= 0.6 is 0 Å². The van der Waals surface area contributed by atoms with Crippen molar-refractivity contribution in [2.24, 2.45) is 0 Å². The van der Waals surface area contributed by atoms with Crippen LogP contribution in [-0.4, -0.2) is 73.7 Å². The lowest BCUT2D eigenvalue weighted by Gasteiger charge is -2.38. The molecule has 0 aromatic rings. The van der Waals surface area contributed by atoms with Crippen LogP contribution in [0.5, 0.6) is 0 Å². The van der Waals surface area contributed by atoms with E-state index in [1.54, 1.807) is 0 Å². The SMILES string of the molecule is CCCNC(=O)C(C)N1CCN(CC2CCCO2)CC1.